The molecule has 1 aliphatic carbocycles. The molecule has 6 nitrogen and oxygen atoms in total. The molecule has 2 fully saturated rings. The van der Waals surface area contributed by atoms with Crippen LogP contribution in [0.25, 0.3) is 0 Å². The van der Waals surface area contributed by atoms with Crippen LogP contribution in [0.5, 0.6) is 5.88 Å². The summed E-state index contributed by atoms with van der Waals surface area (Å²) in [6.45, 7) is 2.36. The highest BCUT2D eigenvalue weighted by Gasteiger charge is 2.27. The predicted octanol–water partition coefficient (Wildman–Crippen LogP) is 1.44. The Labute approximate surface area is 112 Å². The summed E-state index contributed by atoms with van der Waals surface area (Å²) in [5.41, 5.74) is 2.58. The number of hydrazine groups is 1. The highest BCUT2D eigenvalue weighted by atomic mass is 16.5. The Morgan fingerprint density at radius 3 is 2.74 bits per heavy atom. The zero-order valence-electron chi connectivity index (χ0n) is 11.0. The van der Waals surface area contributed by atoms with Crippen LogP contribution in [0.4, 0.5) is 5.82 Å². The maximum Gasteiger partial charge on any atom is 0.218 e. The van der Waals surface area contributed by atoms with Crippen molar-refractivity contribution >= 4 is 5.82 Å². The van der Waals surface area contributed by atoms with Gasteiger partial charge in [-0.05, 0) is 31.6 Å². The lowest BCUT2D eigenvalue weighted by Crippen LogP contribution is -2.22. The molecule has 104 valence electrons. The SMILES string of the molecule is NNc1cc(OCC2CCOCC2)nc(C2CC2)n1. The predicted molar refractivity (Wildman–Crippen MR) is 70.9 cm³/mol. The van der Waals surface area contributed by atoms with Gasteiger partial charge in [0, 0.05) is 25.2 Å². The summed E-state index contributed by atoms with van der Waals surface area (Å²) in [4.78, 5) is 8.83. The van der Waals surface area contributed by atoms with E-state index in [0.29, 0.717) is 30.1 Å². The number of hydrogen-bond acceptors (Lipinski definition) is 6. The number of nitrogens with one attached hydrogen (secondary N) is 1. The minimum atomic E-state index is 0.485. The zero-order chi connectivity index (χ0) is 13.1. The smallest absolute Gasteiger partial charge is 0.218 e. The van der Waals surface area contributed by atoms with Crippen molar-refractivity contribution < 1.29 is 9.47 Å². The van der Waals surface area contributed by atoms with Gasteiger partial charge in [0.1, 0.15) is 11.6 Å². The summed E-state index contributed by atoms with van der Waals surface area (Å²) in [5, 5.41) is 0. The first-order valence-electron chi connectivity index (χ1n) is 6.91. The third-order valence-electron chi connectivity index (χ3n) is 3.62. The van der Waals surface area contributed by atoms with E-state index in [1.807, 2.05) is 0 Å². The number of nitrogens with zero attached hydrogens (tertiary/aromatic N) is 2. The van der Waals surface area contributed by atoms with Crippen LogP contribution in [-0.2, 0) is 4.74 Å². The van der Waals surface area contributed by atoms with E-state index in [4.69, 9.17) is 15.3 Å². The summed E-state index contributed by atoms with van der Waals surface area (Å²) in [6, 6.07) is 1.76. The Morgan fingerprint density at radius 1 is 1.26 bits per heavy atom. The zero-order valence-corrected chi connectivity index (χ0v) is 11.0. The van der Waals surface area contributed by atoms with Crippen molar-refractivity contribution in [3.8, 4) is 5.88 Å². The lowest BCUT2D eigenvalue weighted by molar-refractivity contribution is 0.0490. The third kappa shape index (κ3) is 3.33. The van der Waals surface area contributed by atoms with Gasteiger partial charge in [0.05, 0.1) is 6.61 Å². The van der Waals surface area contributed by atoms with Gasteiger partial charge in [0.25, 0.3) is 0 Å². The quantitative estimate of drug-likeness (QED) is 0.618. The Kier molecular flexibility index (Phi) is 3.79. The van der Waals surface area contributed by atoms with Crippen molar-refractivity contribution in [2.75, 3.05) is 25.2 Å². The Bertz CT molecular complexity index is 431. The average molecular weight is 264 g/mol. The molecule has 0 atom stereocenters. The Hall–Kier alpha value is -1.40. The van der Waals surface area contributed by atoms with E-state index >= 15 is 0 Å². The summed E-state index contributed by atoms with van der Waals surface area (Å²) in [5.74, 6) is 8.57. The minimum Gasteiger partial charge on any atom is -0.477 e. The Morgan fingerprint density at radius 2 is 2.05 bits per heavy atom. The maximum atomic E-state index is 5.80. The molecular weight excluding hydrogens is 244 g/mol. The van der Waals surface area contributed by atoms with Crippen molar-refractivity contribution in [2.45, 2.75) is 31.6 Å². The van der Waals surface area contributed by atoms with Crippen molar-refractivity contribution in [3.63, 3.8) is 0 Å². The first kappa shape index (κ1) is 12.6. The second-order valence-corrected chi connectivity index (χ2v) is 5.23. The molecule has 0 aromatic carbocycles. The van der Waals surface area contributed by atoms with E-state index < -0.39 is 0 Å². The topological polar surface area (TPSA) is 82.3 Å². The molecule has 3 N–H and O–H groups in total. The molecule has 6 heteroatoms. The van der Waals surface area contributed by atoms with Gasteiger partial charge in [-0.15, -0.1) is 0 Å². The van der Waals surface area contributed by atoms with Crippen LogP contribution in [0.2, 0.25) is 0 Å². The second kappa shape index (κ2) is 5.71. The van der Waals surface area contributed by atoms with Crippen molar-refractivity contribution in [2.24, 2.45) is 11.8 Å². The van der Waals surface area contributed by atoms with Gasteiger partial charge in [-0.3, -0.25) is 0 Å². The van der Waals surface area contributed by atoms with E-state index in [9.17, 15) is 0 Å². The summed E-state index contributed by atoms with van der Waals surface area (Å²) >= 11 is 0. The van der Waals surface area contributed by atoms with Crippen LogP contribution in [0.15, 0.2) is 6.07 Å². The molecule has 2 heterocycles. The second-order valence-electron chi connectivity index (χ2n) is 5.23. The fourth-order valence-corrected chi connectivity index (χ4v) is 2.23. The molecule has 0 spiro atoms. The highest BCUT2D eigenvalue weighted by Crippen LogP contribution is 2.39. The van der Waals surface area contributed by atoms with Gasteiger partial charge in [0.15, 0.2) is 0 Å². The standard InChI is InChI=1S/C13H20N4O2/c14-17-11-7-12(16-13(15-11)10-1-2-10)19-8-9-3-5-18-6-4-9/h7,9-10H,1-6,8,14H2,(H,15,16,17). The molecule has 0 bridgehead atoms. The van der Waals surface area contributed by atoms with Crippen LogP contribution in [0.3, 0.4) is 0 Å². The van der Waals surface area contributed by atoms with Gasteiger partial charge < -0.3 is 14.9 Å². The number of hydrogen-bond donors (Lipinski definition) is 2. The monoisotopic (exact) mass is 264 g/mol. The molecule has 19 heavy (non-hydrogen) atoms. The fourth-order valence-electron chi connectivity index (χ4n) is 2.23. The molecule has 3 rings (SSSR count). The van der Waals surface area contributed by atoms with Crippen molar-refractivity contribution in [1.29, 1.82) is 0 Å². The highest BCUT2D eigenvalue weighted by molar-refractivity contribution is 5.38. The van der Waals surface area contributed by atoms with Crippen molar-refractivity contribution in [3.05, 3.63) is 11.9 Å². The van der Waals surface area contributed by atoms with E-state index in [2.05, 4.69) is 15.4 Å². The molecular formula is C13H20N4O2. The number of aromatic nitrogens is 2. The molecule has 2 aliphatic rings. The average Bonchev–Trinajstić information content (AvgIpc) is 3.30. The third-order valence-corrected chi connectivity index (χ3v) is 3.62. The van der Waals surface area contributed by atoms with Crippen LogP contribution < -0.4 is 16.0 Å². The van der Waals surface area contributed by atoms with Crippen LogP contribution in [0.1, 0.15) is 37.4 Å². The molecule has 0 radical (unpaired) electrons. The van der Waals surface area contributed by atoms with Gasteiger partial charge in [0.2, 0.25) is 5.88 Å². The van der Waals surface area contributed by atoms with Crippen LogP contribution >= 0.6 is 0 Å². The van der Waals surface area contributed by atoms with Gasteiger partial charge in [-0.2, -0.15) is 4.98 Å². The first-order valence-corrected chi connectivity index (χ1v) is 6.91. The Balaban J connectivity index is 1.63. The molecule has 0 amide bonds. The van der Waals surface area contributed by atoms with Crippen LogP contribution in [0, 0.1) is 5.92 Å². The number of nitrogen functional groups attached to an aromatic ring is 1. The molecule has 1 aliphatic heterocycles. The van der Waals surface area contributed by atoms with Gasteiger partial charge >= 0.3 is 0 Å². The molecule has 1 saturated carbocycles. The summed E-state index contributed by atoms with van der Waals surface area (Å²) < 4.78 is 11.1. The van der Waals surface area contributed by atoms with Crippen LogP contribution in [-0.4, -0.2) is 29.8 Å². The number of nitrogens with two attached hydrogens (primary N) is 1. The van der Waals surface area contributed by atoms with Gasteiger partial charge in [-0.25, -0.2) is 10.8 Å². The number of ether oxygens (including phenoxy) is 2. The van der Waals surface area contributed by atoms with E-state index in [-0.39, 0.29) is 0 Å². The molecule has 1 aromatic heterocycles. The summed E-state index contributed by atoms with van der Waals surface area (Å²) in [7, 11) is 0. The maximum absolute atomic E-state index is 5.80. The summed E-state index contributed by atoms with van der Waals surface area (Å²) in [6.07, 6.45) is 4.44. The molecule has 0 unspecified atom stereocenters. The van der Waals surface area contributed by atoms with E-state index in [1.54, 1.807) is 6.07 Å². The fraction of sp³-hybridized carbons (Fsp3) is 0.692. The molecule has 1 aromatic rings. The van der Waals surface area contributed by atoms with Crippen molar-refractivity contribution in [1.82, 2.24) is 9.97 Å². The molecule has 1 saturated heterocycles. The number of anilines is 1. The number of rotatable bonds is 5. The van der Waals surface area contributed by atoms with E-state index in [0.717, 1.165) is 44.7 Å². The normalized spacial score (nSPS) is 20.3. The lowest BCUT2D eigenvalue weighted by atomic mass is 10.0. The lowest BCUT2D eigenvalue weighted by Gasteiger charge is -2.21. The van der Waals surface area contributed by atoms with E-state index in [1.165, 1.54) is 0 Å². The first-order chi connectivity index (χ1) is 9.35. The largest absolute Gasteiger partial charge is 0.477 e. The minimum absolute atomic E-state index is 0.485. The van der Waals surface area contributed by atoms with Gasteiger partial charge in [-0.1, -0.05) is 0 Å².